The van der Waals surface area contributed by atoms with Crippen molar-refractivity contribution in [3.8, 4) is 5.75 Å². The third kappa shape index (κ3) is 4.12. The van der Waals surface area contributed by atoms with Crippen LogP contribution in [-0.4, -0.2) is 6.61 Å². The smallest absolute Gasteiger partial charge is 0.387 e. The van der Waals surface area contributed by atoms with Gasteiger partial charge >= 0.3 is 6.61 Å². The van der Waals surface area contributed by atoms with Gasteiger partial charge in [-0.2, -0.15) is 8.78 Å². The average Bonchev–Trinajstić information content (AvgIpc) is 2.42. The van der Waals surface area contributed by atoms with Gasteiger partial charge < -0.3 is 10.5 Å². The van der Waals surface area contributed by atoms with Crippen molar-refractivity contribution in [3.05, 3.63) is 64.4 Å². The molecule has 2 nitrogen and oxygen atoms in total. The predicted octanol–water partition coefficient (Wildman–Crippen LogP) is 4.32. The van der Waals surface area contributed by atoms with E-state index in [0.717, 1.165) is 0 Å². The Balaban J connectivity index is 2.22. The van der Waals surface area contributed by atoms with Crippen LogP contribution in [0, 0.1) is 5.82 Å². The van der Waals surface area contributed by atoms with Crippen molar-refractivity contribution >= 4 is 11.6 Å². The van der Waals surface area contributed by atoms with Crippen molar-refractivity contribution < 1.29 is 17.9 Å². The fourth-order valence-electron chi connectivity index (χ4n) is 2.02. The monoisotopic (exact) mass is 315 g/mol. The highest BCUT2D eigenvalue weighted by Gasteiger charge is 2.16. The largest absolute Gasteiger partial charge is 0.434 e. The van der Waals surface area contributed by atoms with Crippen LogP contribution in [0.15, 0.2) is 42.5 Å². The molecule has 6 heteroatoms. The molecule has 2 N–H and O–H groups in total. The summed E-state index contributed by atoms with van der Waals surface area (Å²) in [5.74, 6) is -0.419. The van der Waals surface area contributed by atoms with Gasteiger partial charge in [0.1, 0.15) is 11.6 Å². The van der Waals surface area contributed by atoms with Gasteiger partial charge in [0, 0.05) is 16.6 Å². The number of rotatable bonds is 5. The van der Waals surface area contributed by atoms with Crippen molar-refractivity contribution in [1.82, 2.24) is 0 Å². The summed E-state index contributed by atoms with van der Waals surface area (Å²) in [5.41, 5.74) is 7.11. The van der Waals surface area contributed by atoms with E-state index in [9.17, 15) is 13.2 Å². The first-order chi connectivity index (χ1) is 9.97. The Kier molecular flexibility index (Phi) is 5.09. The van der Waals surface area contributed by atoms with Gasteiger partial charge in [0.05, 0.1) is 0 Å². The van der Waals surface area contributed by atoms with E-state index >= 15 is 0 Å². The topological polar surface area (TPSA) is 35.2 Å². The van der Waals surface area contributed by atoms with Crippen molar-refractivity contribution in [2.45, 2.75) is 19.1 Å². The minimum absolute atomic E-state index is 0.0261. The van der Waals surface area contributed by atoms with E-state index in [1.54, 1.807) is 18.2 Å². The van der Waals surface area contributed by atoms with E-state index < -0.39 is 18.5 Å². The molecule has 0 saturated heterocycles. The maximum atomic E-state index is 13.0. The summed E-state index contributed by atoms with van der Waals surface area (Å²) in [7, 11) is 0. The van der Waals surface area contributed by atoms with Crippen LogP contribution in [0.5, 0.6) is 5.75 Å². The van der Waals surface area contributed by atoms with E-state index in [1.807, 2.05) is 0 Å². The fraction of sp³-hybridized carbons (Fsp3) is 0.200. The molecule has 2 aromatic rings. The van der Waals surface area contributed by atoms with Crippen LogP contribution in [-0.2, 0) is 6.42 Å². The Labute approximate surface area is 125 Å². The number of halogens is 4. The first-order valence-electron chi connectivity index (χ1n) is 6.20. The molecule has 0 bridgehead atoms. The molecule has 0 aliphatic rings. The van der Waals surface area contributed by atoms with Gasteiger partial charge in [-0.15, -0.1) is 0 Å². The highest BCUT2D eigenvalue weighted by Crippen LogP contribution is 2.29. The van der Waals surface area contributed by atoms with Gasteiger partial charge in [0.15, 0.2) is 0 Å². The standard InChI is InChI=1S/C15H13ClF3NO/c16-12-8-10(17)6-5-9(12)7-13(20)11-3-1-2-4-14(11)21-15(18)19/h1-6,8,13,15H,7,20H2. The van der Waals surface area contributed by atoms with E-state index in [1.165, 1.54) is 24.3 Å². The summed E-state index contributed by atoms with van der Waals surface area (Å²) in [4.78, 5) is 0. The van der Waals surface area contributed by atoms with Gasteiger partial charge in [-0.3, -0.25) is 0 Å². The maximum Gasteiger partial charge on any atom is 0.387 e. The summed E-state index contributed by atoms with van der Waals surface area (Å²) >= 11 is 5.94. The molecule has 0 aliphatic heterocycles. The molecule has 1 unspecified atom stereocenters. The molecule has 0 amide bonds. The van der Waals surface area contributed by atoms with Gasteiger partial charge in [0.2, 0.25) is 0 Å². The molecule has 0 aromatic heterocycles. The normalized spacial score (nSPS) is 12.5. The Morgan fingerprint density at radius 2 is 1.86 bits per heavy atom. The summed E-state index contributed by atoms with van der Waals surface area (Å²) in [5, 5.41) is 0.248. The summed E-state index contributed by atoms with van der Waals surface area (Å²) in [6.45, 7) is -2.92. The second kappa shape index (κ2) is 6.83. The van der Waals surface area contributed by atoms with Crippen molar-refractivity contribution in [2.75, 3.05) is 0 Å². The lowest BCUT2D eigenvalue weighted by Crippen LogP contribution is -2.16. The van der Waals surface area contributed by atoms with E-state index in [2.05, 4.69) is 4.74 Å². The molecule has 0 spiro atoms. The average molecular weight is 316 g/mol. The molecule has 0 heterocycles. The zero-order chi connectivity index (χ0) is 15.4. The Bertz CT molecular complexity index is 622. The number of benzene rings is 2. The molecule has 0 fully saturated rings. The third-order valence-electron chi connectivity index (χ3n) is 2.99. The molecule has 1 atom stereocenters. The number of ether oxygens (including phenoxy) is 1. The lowest BCUT2D eigenvalue weighted by Gasteiger charge is -2.17. The zero-order valence-electron chi connectivity index (χ0n) is 10.9. The summed E-state index contributed by atoms with van der Waals surface area (Å²) in [6.07, 6.45) is 0.280. The molecule has 112 valence electrons. The lowest BCUT2D eigenvalue weighted by atomic mass is 9.99. The van der Waals surface area contributed by atoms with Crippen LogP contribution < -0.4 is 10.5 Å². The van der Waals surface area contributed by atoms with E-state index in [4.69, 9.17) is 17.3 Å². The molecule has 21 heavy (non-hydrogen) atoms. The molecular weight excluding hydrogens is 303 g/mol. The number of alkyl halides is 2. The predicted molar refractivity (Wildman–Crippen MR) is 75.1 cm³/mol. The Morgan fingerprint density at radius 3 is 2.52 bits per heavy atom. The van der Waals surface area contributed by atoms with Crippen molar-refractivity contribution in [1.29, 1.82) is 0 Å². The molecule has 2 aromatic carbocycles. The fourth-order valence-corrected chi connectivity index (χ4v) is 2.27. The lowest BCUT2D eigenvalue weighted by molar-refractivity contribution is -0.0506. The molecular formula is C15H13ClF3NO. The van der Waals surface area contributed by atoms with Crippen LogP contribution in [0.1, 0.15) is 17.2 Å². The van der Waals surface area contributed by atoms with Crippen LogP contribution in [0.25, 0.3) is 0 Å². The summed E-state index contributed by atoms with van der Waals surface area (Å²) in [6, 6.07) is 9.68. The highest BCUT2D eigenvalue weighted by molar-refractivity contribution is 6.31. The van der Waals surface area contributed by atoms with Gasteiger partial charge in [0.25, 0.3) is 0 Å². The molecule has 0 radical (unpaired) electrons. The number of hydrogen-bond donors (Lipinski definition) is 1. The second-order valence-electron chi connectivity index (χ2n) is 4.46. The van der Waals surface area contributed by atoms with E-state index in [0.29, 0.717) is 11.1 Å². The Morgan fingerprint density at radius 1 is 1.14 bits per heavy atom. The first kappa shape index (κ1) is 15.7. The Hall–Kier alpha value is -1.72. The third-order valence-corrected chi connectivity index (χ3v) is 3.34. The zero-order valence-corrected chi connectivity index (χ0v) is 11.7. The van der Waals surface area contributed by atoms with Crippen LogP contribution in [0.2, 0.25) is 5.02 Å². The number of hydrogen-bond acceptors (Lipinski definition) is 2. The minimum Gasteiger partial charge on any atom is -0.434 e. The molecule has 2 rings (SSSR count). The first-order valence-corrected chi connectivity index (χ1v) is 6.58. The number of nitrogens with two attached hydrogens (primary N) is 1. The van der Waals surface area contributed by atoms with E-state index in [-0.39, 0.29) is 17.2 Å². The van der Waals surface area contributed by atoms with Crippen LogP contribution >= 0.6 is 11.6 Å². The quantitative estimate of drug-likeness (QED) is 0.891. The minimum atomic E-state index is -2.92. The SMILES string of the molecule is NC(Cc1ccc(F)cc1Cl)c1ccccc1OC(F)F. The van der Waals surface area contributed by atoms with Crippen molar-refractivity contribution in [2.24, 2.45) is 5.73 Å². The van der Waals surface area contributed by atoms with Crippen molar-refractivity contribution in [3.63, 3.8) is 0 Å². The second-order valence-corrected chi connectivity index (χ2v) is 4.87. The highest BCUT2D eigenvalue weighted by atomic mass is 35.5. The van der Waals surface area contributed by atoms with Gasteiger partial charge in [-0.25, -0.2) is 4.39 Å². The molecule has 0 aliphatic carbocycles. The van der Waals surface area contributed by atoms with Crippen LogP contribution in [0.3, 0.4) is 0 Å². The summed E-state index contributed by atoms with van der Waals surface area (Å²) < 4.78 is 42.2. The van der Waals surface area contributed by atoms with Crippen LogP contribution in [0.4, 0.5) is 13.2 Å². The molecule has 0 saturated carbocycles. The maximum absolute atomic E-state index is 13.0. The van der Waals surface area contributed by atoms with Gasteiger partial charge in [-0.05, 0) is 30.2 Å². The van der Waals surface area contributed by atoms with Gasteiger partial charge in [-0.1, -0.05) is 35.9 Å². The number of para-hydroxylation sites is 1.